The molecule has 0 aliphatic carbocycles. The summed E-state index contributed by atoms with van der Waals surface area (Å²) in [6.07, 6.45) is 5.31. The Morgan fingerprint density at radius 1 is 1.38 bits per heavy atom. The Morgan fingerprint density at radius 2 is 2.17 bits per heavy atom. The lowest BCUT2D eigenvalue weighted by atomic mass is 9.98. The van der Waals surface area contributed by atoms with Crippen molar-refractivity contribution in [2.24, 2.45) is 0 Å². The number of likely N-dealkylation sites (tertiary alicyclic amines) is 1. The van der Waals surface area contributed by atoms with E-state index in [2.05, 4.69) is 17.1 Å². The van der Waals surface area contributed by atoms with Crippen molar-refractivity contribution in [1.29, 1.82) is 0 Å². The summed E-state index contributed by atoms with van der Waals surface area (Å²) in [6.45, 7) is 8.65. The fourth-order valence-electron chi connectivity index (χ4n) is 3.22. The van der Waals surface area contributed by atoms with Gasteiger partial charge in [0, 0.05) is 24.7 Å². The molecule has 134 valence electrons. The Labute approximate surface area is 146 Å². The Morgan fingerprint density at radius 3 is 2.88 bits per heavy atom. The molecular formula is C20H32N2O2. The average Bonchev–Trinajstić information content (AvgIpc) is 2.54. The van der Waals surface area contributed by atoms with Crippen LogP contribution in [0.5, 0.6) is 0 Å². The second kappa shape index (κ2) is 8.63. The number of benzene rings is 1. The first-order valence-electron chi connectivity index (χ1n) is 9.19. The minimum atomic E-state index is -0.677. The van der Waals surface area contributed by atoms with E-state index in [1.807, 2.05) is 38.1 Å². The molecule has 0 spiro atoms. The molecule has 1 heterocycles. The quantitative estimate of drug-likeness (QED) is 0.807. The predicted octanol–water partition coefficient (Wildman–Crippen LogP) is 2.99. The number of rotatable bonds is 7. The van der Waals surface area contributed by atoms with E-state index in [0.29, 0.717) is 24.6 Å². The van der Waals surface area contributed by atoms with Gasteiger partial charge in [-0.3, -0.25) is 9.69 Å². The first kappa shape index (κ1) is 18.9. The number of carbonyl (C=O) groups excluding carboxylic acids is 1. The lowest BCUT2D eigenvalue weighted by Gasteiger charge is -2.33. The highest BCUT2D eigenvalue weighted by molar-refractivity contribution is 5.94. The summed E-state index contributed by atoms with van der Waals surface area (Å²) in [7, 11) is 0. The lowest BCUT2D eigenvalue weighted by molar-refractivity contribution is 0.0714. The van der Waals surface area contributed by atoms with Gasteiger partial charge >= 0.3 is 0 Å². The SMILES string of the molecule is C[C@@H]1CCCCN1CCNC(=O)c1cccc(CCC(C)(C)O)c1. The van der Waals surface area contributed by atoms with Crippen LogP contribution in [0, 0.1) is 0 Å². The summed E-state index contributed by atoms with van der Waals surface area (Å²) in [5.41, 5.74) is 1.12. The number of hydrogen-bond acceptors (Lipinski definition) is 3. The molecule has 4 heteroatoms. The minimum Gasteiger partial charge on any atom is -0.390 e. The van der Waals surface area contributed by atoms with Crippen molar-refractivity contribution < 1.29 is 9.90 Å². The zero-order valence-corrected chi connectivity index (χ0v) is 15.3. The monoisotopic (exact) mass is 332 g/mol. The fraction of sp³-hybridized carbons (Fsp3) is 0.650. The number of aliphatic hydroxyl groups is 1. The van der Waals surface area contributed by atoms with Crippen LogP contribution >= 0.6 is 0 Å². The molecule has 0 bridgehead atoms. The second-order valence-electron chi connectivity index (χ2n) is 7.65. The summed E-state index contributed by atoms with van der Waals surface area (Å²) in [5.74, 6) is -0.00947. The summed E-state index contributed by atoms with van der Waals surface area (Å²) in [5, 5.41) is 12.9. The molecule has 0 saturated carbocycles. The van der Waals surface area contributed by atoms with Crippen LogP contribution in [-0.4, -0.2) is 47.2 Å². The van der Waals surface area contributed by atoms with Gasteiger partial charge in [-0.05, 0) is 70.7 Å². The maximum atomic E-state index is 12.3. The molecular weight excluding hydrogens is 300 g/mol. The van der Waals surface area contributed by atoms with E-state index in [-0.39, 0.29) is 5.91 Å². The number of nitrogens with one attached hydrogen (secondary N) is 1. The number of aryl methyl sites for hydroxylation is 1. The molecule has 2 rings (SSSR count). The third kappa shape index (κ3) is 6.25. The first-order chi connectivity index (χ1) is 11.3. The molecule has 1 aromatic rings. The number of hydrogen-bond donors (Lipinski definition) is 2. The molecule has 2 N–H and O–H groups in total. The van der Waals surface area contributed by atoms with Gasteiger partial charge in [0.15, 0.2) is 0 Å². The van der Waals surface area contributed by atoms with Crippen LogP contribution in [0.15, 0.2) is 24.3 Å². The third-order valence-corrected chi connectivity index (χ3v) is 4.84. The van der Waals surface area contributed by atoms with E-state index >= 15 is 0 Å². The average molecular weight is 332 g/mol. The van der Waals surface area contributed by atoms with Gasteiger partial charge in [-0.1, -0.05) is 18.6 Å². The van der Waals surface area contributed by atoms with Crippen molar-refractivity contribution in [2.75, 3.05) is 19.6 Å². The number of amides is 1. The third-order valence-electron chi connectivity index (χ3n) is 4.84. The molecule has 1 atom stereocenters. The topological polar surface area (TPSA) is 52.6 Å². The van der Waals surface area contributed by atoms with E-state index in [9.17, 15) is 9.90 Å². The first-order valence-corrected chi connectivity index (χ1v) is 9.19. The highest BCUT2D eigenvalue weighted by atomic mass is 16.3. The van der Waals surface area contributed by atoms with Crippen molar-refractivity contribution in [2.45, 2.75) is 64.5 Å². The maximum Gasteiger partial charge on any atom is 0.251 e. The van der Waals surface area contributed by atoms with E-state index in [1.165, 1.54) is 19.3 Å². The van der Waals surface area contributed by atoms with Gasteiger partial charge < -0.3 is 10.4 Å². The van der Waals surface area contributed by atoms with E-state index < -0.39 is 5.60 Å². The minimum absolute atomic E-state index is 0.00947. The van der Waals surface area contributed by atoms with Gasteiger partial charge in [-0.2, -0.15) is 0 Å². The van der Waals surface area contributed by atoms with Gasteiger partial charge in [0.05, 0.1) is 5.60 Å². The van der Waals surface area contributed by atoms with Crippen molar-refractivity contribution in [3.05, 3.63) is 35.4 Å². The van der Waals surface area contributed by atoms with Crippen molar-refractivity contribution in [3.63, 3.8) is 0 Å². The summed E-state index contributed by atoms with van der Waals surface area (Å²) < 4.78 is 0. The Balaban J connectivity index is 1.81. The normalized spacial score (nSPS) is 19.2. The maximum absolute atomic E-state index is 12.3. The van der Waals surface area contributed by atoms with Gasteiger partial charge in [0.2, 0.25) is 0 Å². The van der Waals surface area contributed by atoms with Gasteiger partial charge in [-0.15, -0.1) is 0 Å². The molecule has 0 unspecified atom stereocenters. The molecule has 4 nitrogen and oxygen atoms in total. The van der Waals surface area contributed by atoms with E-state index in [4.69, 9.17) is 0 Å². The number of nitrogens with zero attached hydrogens (tertiary/aromatic N) is 1. The highest BCUT2D eigenvalue weighted by Crippen LogP contribution is 2.16. The molecule has 0 aromatic heterocycles. The molecule has 1 saturated heterocycles. The van der Waals surface area contributed by atoms with Crippen molar-refractivity contribution in [3.8, 4) is 0 Å². The highest BCUT2D eigenvalue weighted by Gasteiger charge is 2.18. The Kier molecular flexibility index (Phi) is 6.81. The smallest absolute Gasteiger partial charge is 0.251 e. The lowest BCUT2D eigenvalue weighted by Crippen LogP contribution is -2.42. The summed E-state index contributed by atoms with van der Waals surface area (Å²) in [6, 6.07) is 8.34. The largest absolute Gasteiger partial charge is 0.390 e. The van der Waals surface area contributed by atoms with Crippen LogP contribution in [0.3, 0.4) is 0 Å². The molecule has 24 heavy (non-hydrogen) atoms. The molecule has 0 radical (unpaired) electrons. The summed E-state index contributed by atoms with van der Waals surface area (Å²) >= 11 is 0. The molecule has 1 aliphatic rings. The Hall–Kier alpha value is -1.39. The fourth-order valence-corrected chi connectivity index (χ4v) is 3.22. The number of piperidine rings is 1. The van der Waals surface area contributed by atoms with Crippen LogP contribution in [0.2, 0.25) is 0 Å². The zero-order chi connectivity index (χ0) is 17.6. The van der Waals surface area contributed by atoms with Crippen molar-refractivity contribution in [1.82, 2.24) is 10.2 Å². The number of carbonyl (C=O) groups is 1. The second-order valence-corrected chi connectivity index (χ2v) is 7.65. The Bertz CT molecular complexity index is 537. The molecule has 1 aliphatic heterocycles. The van der Waals surface area contributed by atoms with Crippen LogP contribution in [0.1, 0.15) is 62.4 Å². The standard InChI is InChI=1S/C20H32N2O2/c1-16-7-4-5-13-22(16)14-12-21-19(23)18-9-6-8-17(15-18)10-11-20(2,3)24/h6,8-9,15-16,24H,4-5,7,10-14H2,1-3H3,(H,21,23)/t16-/m1/s1. The van der Waals surface area contributed by atoms with Crippen LogP contribution in [-0.2, 0) is 6.42 Å². The van der Waals surface area contributed by atoms with E-state index in [1.54, 1.807) is 0 Å². The molecule has 1 fully saturated rings. The molecule has 1 aromatic carbocycles. The zero-order valence-electron chi connectivity index (χ0n) is 15.3. The van der Waals surface area contributed by atoms with E-state index in [0.717, 1.165) is 25.1 Å². The van der Waals surface area contributed by atoms with Gasteiger partial charge in [-0.25, -0.2) is 0 Å². The van der Waals surface area contributed by atoms with Gasteiger partial charge in [0.25, 0.3) is 5.91 Å². The predicted molar refractivity (Wildman–Crippen MR) is 98.3 cm³/mol. The van der Waals surface area contributed by atoms with Gasteiger partial charge in [0.1, 0.15) is 0 Å². The van der Waals surface area contributed by atoms with Crippen molar-refractivity contribution >= 4 is 5.91 Å². The van der Waals surface area contributed by atoms with Crippen LogP contribution in [0.4, 0.5) is 0 Å². The van der Waals surface area contributed by atoms with Crippen LogP contribution in [0.25, 0.3) is 0 Å². The van der Waals surface area contributed by atoms with Crippen LogP contribution < -0.4 is 5.32 Å². The molecule has 1 amide bonds. The summed E-state index contributed by atoms with van der Waals surface area (Å²) in [4.78, 5) is 14.8.